The number of hydrogen-bond donors (Lipinski definition) is 1. The first kappa shape index (κ1) is 13.7. The summed E-state index contributed by atoms with van der Waals surface area (Å²) in [7, 11) is 0. The van der Waals surface area contributed by atoms with Crippen LogP contribution < -0.4 is 5.32 Å². The molecular formula is C16H23N3. The summed E-state index contributed by atoms with van der Waals surface area (Å²) in [5.41, 5.74) is 2.62. The molecule has 0 amide bonds. The number of aryl methyl sites for hydroxylation is 2. The zero-order valence-electron chi connectivity index (χ0n) is 11.9. The number of anilines is 1. The summed E-state index contributed by atoms with van der Waals surface area (Å²) in [4.78, 5) is 4.43. The summed E-state index contributed by atoms with van der Waals surface area (Å²) in [6, 6.07) is 8.54. The molecule has 0 aliphatic heterocycles. The van der Waals surface area contributed by atoms with Gasteiger partial charge in [-0.25, -0.2) is 4.98 Å². The Balaban J connectivity index is 2.03. The monoisotopic (exact) mass is 257 g/mol. The van der Waals surface area contributed by atoms with Crippen LogP contribution in [0.2, 0.25) is 0 Å². The highest BCUT2D eigenvalue weighted by Crippen LogP contribution is 2.17. The van der Waals surface area contributed by atoms with Gasteiger partial charge < -0.3 is 9.88 Å². The summed E-state index contributed by atoms with van der Waals surface area (Å²) >= 11 is 0. The molecule has 0 bridgehead atoms. The molecule has 1 aromatic carbocycles. The van der Waals surface area contributed by atoms with Gasteiger partial charge in [0.25, 0.3) is 0 Å². The zero-order valence-corrected chi connectivity index (χ0v) is 11.9. The lowest BCUT2D eigenvalue weighted by molar-refractivity contribution is 0.644. The van der Waals surface area contributed by atoms with Crippen molar-refractivity contribution < 1.29 is 0 Å². The van der Waals surface area contributed by atoms with E-state index in [-0.39, 0.29) is 0 Å². The summed E-state index contributed by atoms with van der Waals surface area (Å²) in [5.74, 6) is 1.10. The molecule has 0 aliphatic rings. The van der Waals surface area contributed by atoms with Crippen molar-refractivity contribution in [1.29, 1.82) is 0 Å². The lowest BCUT2D eigenvalue weighted by Gasteiger charge is -2.12. The number of imidazole rings is 1. The van der Waals surface area contributed by atoms with Gasteiger partial charge >= 0.3 is 0 Å². The summed E-state index contributed by atoms with van der Waals surface area (Å²) in [6.45, 7) is 6.22. The fourth-order valence-electron chi connectivity index (χ4n) is 2.31. The fraction of sp³-hybridized carbons (Fsp3) is 0.438. The number of rotatable bonds is 7. The Kier molecular flexibility index (Phi) is 5.01. The molecular weight excluding hydrogens is 234 g/mol. The van der Waals surface area contributed by atoms with E-state index < -0.39 is 0 Å². The topological polar surface area (TPSA) is 29.9 Å². The van der Waals surface area contributed by atoms with E-state index in [4.69, 9.17) is 0 Å². The highest BCUT2D eigenvalue weighted by Gasteiger charge is 2.04. The van der Waals surface area contributed by atoms with Crippen LogP contribution in [0.1, 0.15) is 38.1 Å². The molecule has 3 heteroatoms. The quantitative estimate of drug-likeness (QED) is 0.816. The molecule has 0 fully saturated rings. The van der Waals surface area contributed by atoms with Crippen molar-refractivity contribution in [3.05, 3.63) is 48.0 Å². The number of aromatic nitrogens is 2. The Hall–Kier alpha value is -1.77. The molecule has 0 saturated carbocycles. The van der Waals surface area contributed by atoms with Crippen LogP contribution in [0.5, 0.6) is 0 Å². The van der Waals surface area contributed by atoms with E-state index in [1.807, 2.05) is 6.20 Å². The van der Waals surface area contributed by atoms with Crippen LogP contribution >= 0.6 is 0 Å². The average Bonchev–Trinajstić information content (AvgIpc) is 2.86. The van der Waals surface area contributed by atoms with Crippen molar-refractivity contribution in [2.45, 2.75) is 46.2 Å². The number of para-hydroxylation sites is 1. The predicted molar refractivity (Wildman–Crippen MR) is 80.3 cm³/mol. The van der Waals surface area contributed by atoms with Crippen LogP contribution in [0, 0.1) is 0 Å². The average molecular weight is 257 g/mol. The normalized spacial score (nSPS) is 10.6. The molecule has 0 radical (unpaired) electrons. The molecule has 1 aromatic heterocycles. The van der Waals surface area contributed by atoms with Gasteiger partial charge in [-0.2, -0.15) is 0 Å². The van der Waals surface area contributed by atoms with Crippen molar-refractivity contribution in [3.63, 3.8) is 0 Å². The second kappa shape index (κ2) is 6.98. The lowest BCUT2D eigenvalue weighted by Crippen LogP contribution is -2.09. The van der Waals surface area contributed by atoms with E-state index in [2.05, 4.69) is 59.2 Å². The minimum absolute atomic E-state index is 0.785. The first-order valence-corrected chi connectivity index (χ1v) is 7.17. The van der Waals surface area contributed by atoms with E-state index in [1.165, 1.54) is 17.7 Å². The molecule has 0 spiro atoms. The highest BCUT2D eigenvalue weighted by atomic mass is 15.1. The van der Waals surface area contributed by atoms with Gasteiger partial charge in [0.05, 0.1) is 6.54 Å². The van der Waals surface area contributed by atoms with Crippen molar-refractivity contribution in [2.75, 3.05) is 5.32 Å². The third-order valence-electron chi connectivity index (χ3n) is 3.24. The van der Waals surface area contributed by atoms with Gasteiger partial charge in [0.15, 0.2) is 0 Å². The Morgan fingerprint density at radius 2 is 2.00 bits per heavy atom. The first-order valence-electron chi connectivity index (χ1n) is 7.17. The van der Waals surface area contributed by atoms with Gasteiger partial charge in [0.2, 0.25) is 0 Å². The molecule has 2 rings (SSSR count). The molecule has 102 valence electrons. The third-order valence-corrected chi connectivity index (χ3v) is 3.24. The number of nitrogens with zero attached hydrogens (tertiary/aromatic N) is 2. The van der Waals surface area contributed by atoms with E-state index in [0.29, 0.717) is 0 Å². The molecule has 1 N–H and O–H groups in total. The van der Waals surface area contributed by atoms with Crippen molar-refractivity contribution >= 4 is 5.69 Å². The number of benzene rings is 1. The summed E-state index contributed by atoms with van der Waals surface area (Å²) in [5, 5.41) is 3.52. The Labute approximate surface area is 115 Å². The Bertz CT molecular complexity index is 502. The van der Waals surface area contributed by atoms with Crippen LogP contribution in [0.15, 0.2) is 36.7 Å². The van der Waals surface area contributed by atoms with Gasteiger partial charge in [-0.05, 0) is 24.5 Å². The van der Waals surface area contributed by atoms with Gasteiger partial charge in [0.1, 0.15) is 5.82 Å². The Morgan fingerprint density at radius 1 is 1.16 bits per heavy atom. The second-order valence-corrected chi connectivity index (χ2v) is 4.80. The minimum atomic E-state index is 0.785. The van der Waals surface area contributed by atoms with Crippen molar-refractivity contribution in [2.24, 2.45) is 0 Å². The molecule has 3 nitrogen and oxygen atoms in total. The summed E-state index contributed by atoms with van der Waals surface area (Å²) < 4.78 is 2.22. The molecule has 2 aromatic rings. The van der Waals surface area contributed by atoms with Gasteiger partial charge in [-0.3, -0.25) is 0 Å². The molecule has 0 saturated heterocycles. The van der Waals surface area contributed by atoms with Crippen molar-refractivity contribution in [1.82, 2.24) is 9.55 Å². The molecule has 19 heavy (non-hydrogen) atoms. The lowest BCUT2D eigenvalue weighted by atomic mass is 10.1. The van der Waals surface area contributed by atoms with E-state index in [1.54, 1.807) is 0 Å². The maximum Gasteiger partial charge on any atom is 0.128 e. The fourth-order valence-corrected chi connectivity index (χ4v) is 2.31. The third kappa shape index (κ3) is 3.60. The molecule has 0 unspecified atom stereocenters. The van der Waals surface area contributed by atoms with Gasteiger partial charge in [0, 0.05) is 24.6 Å². The number of nitrogens with one attached hydrogen (secondary N) is 1. The largest absolute Gasteiger partial charge is 0.378 e. The van der Waals surface area contributed by atoms with Crippen LogP contribution in [-0.4, -0.2) is 9.55 Å². The van der Waals surface area contributed by atoms with Crippen molar-refractivity contribution in [3.8, 4) is 0 Å². The maximum atomic E-state index is 4.43. The Morgan fingerprint density at radius 3 is 2.79 bits per heavy atom. The van der Waals surface area contributed by atoms with Crippen LogP contribution in [-0.2, 0) is 19.5 Å². The van der Waals surface area contributed by atoms with Crippen LogP contribution in [0.3, 0.4) is 0 Å². The van der Waals surface area contributed by atoms with Crippen LogP contribution in [0.4, 0.5) is 5.69 Å². The van der Waals surface area contributed by atoms with Crippen LogP contribution in [0.25, 0.3) is 0 Å². The SMILES string of the molecule is CCCc1ccccc1NCc1nccn1CCC. The zero-order chi connectivity index (χ0) is 13.5. The first-order chi connectivity index (χ1) is 9.35. The second-order valence-electron chi connectivity index (χ2n) is 4.80. The van der Waals surface area contributed by atoms with E-state index in [9.17, 15) is 0 Å². The smallest absolute Gasteiger partial charge is 0.128 e. The maximum absolute atomic E-state index is 4.43. The number of hydrogen-bond acceptors (Lipinski definition) is 2. The van der Waals surface area contributed by atoms with Gasteiger partial charge in [-0.1, -0.05) is 38.5 Å². The highest BCUT2D eigenvalue weighted by molar-refractivity contribution is 5.51. The molecule has 0 atom stereocenters. The molecule has 1 heterocycles. The molecule has 0 aliphatic carbocycles. The van der Waals surface area contributed by atoms with Gasteiger partial charge in [-0.15, -0.1) is 0 Å². The van der Waals surface area contributed by atoms with E-state index >= 15 is 0 Å². The predicted octanol–water partition coefficient (Wildman–Crippen LogP) is 3.86. The summed E-state index contributed by atoms with van der Waals surface area (Å²) in [6.07, 6.45) is 7.36. The standard InChI is InChI=1S/C16H23N3/c1-3-7-14-8-5-6-9-15(14)18-13-16-17-10-12-19(16)11-4-2/h5-6,8-10,12,18H,3-4,7,11,13H2,1-2H3. The minimum Gasteiger partial charge on any atom is -0.378 e. The van der Waals surface area contributed by atoms with E-state index in [0.717, 1.165) is 31.8 Å².